The van der Waals surface area contributed by atoms with E-state index in [1.165, 1.54) is 56.7 Å². The number of carbonyl (C=O) groups excluding carboxylic acids is 2. The van der Waals surface area contributed by atoms with Crippen LogP contribution in [0.5, 0.6) is 0 Å². The summed E-state index contributed by atoms with van der Waals surface area (Å²) in [5.41, 5.74) is 0.0574. The Morgan fingerprint density at radius 3 is 2.22 bits per heavy atom. The fourth-order valence-electron chi connectivity index (χ4n) is 6.09. The van der Waals surface area contributed by atoms with Gasteiger partial charge in [0.05, 0.1) is 10.6 Å². The lowest BCUT2D eigenvalue weighted by atomic mass is 9.49. The summed E-state index contributed by atoms with van der Waals surface area (Å²) in [6.45, 7) is 0.582. The van der Waals surface area contributed by atoms with Crippen molar-refractivity contribution in [2.24, 2.45) is 23.2 Å². The van der Waals surface area contributed by atoms with E-state index < -0.39 is 11.7 Å². The van der Waals surface area contributed by atoms with E-state index in [9.17, 15) is 14.0 Å². The van der Waals surface area contributed by atoms with E-state index in [4.69, 9.17) is 11.6 Å². The van der Waals surface area contributed by atoms with Gasteiger partial charge in [-0.3, -0.25) is 9.59 Å². The average Bonchev–Trinajstić information content (AvgIpc) is 2.57. The normalized spacial score (nSPS) is 31.0. The quantitative estimate of drug-likeness (QED) is 0.720. The Bertz CT molecular complexity index is 696. The molecule has 0 aliphatic heterocycles. The van der Waals surface area contributed by atoms with Crippen LogP contribution in [0.15, 0.2) is 18.2 Å². The van der Waals surface area contributed by atoms with E-state index in [2.05, 4.69) is 10.6 Å². The molecule has 0 atom stereocenters. The molecule has 4 fully saturated rings. The van der Waals surface area contributed by atoms with Gasteiger partial charge in [0.1, 0.15) is 5.82 Å². The fourth-order valence-corrected chi connectivity index (χ4v) is 6.34. The number of hydrogen-bond acceptors (Lipinski definition) is 2. The molecule has 1 aromatic rings. The lowest BCUT2D eigenvalue weighted by molar-refractivity contribution is -0.129. The van der Waals surface area contributed by atoms with Crippen molar-refractivity contribution in [1.82, 2.24) is 10.6 Å². The lowest BCUT2D eigenvalue weighted by Crippen LogP contribution is -2.48. The number of carbonyl (C=O) groups is 2. The maximum absolute atomic E-state index is 13.7. The second-order valence-electron chi connectivity index (χ2n) is 8.80. The first-order valence-electron chi connectivity index (χ1n) is 9.93. The Balaban J connectivity index is 1.23. The predicted octanol–water partition coefficient (Wildman–Crippen LogP) is 3.93. The second-order valence-corrected chi connectivity index (χ2v) is 9.20. The van der Waals surface area contributed by atoms with Gasteiger partial charge in [0.15, 0.2) is 0 Å². The van der Waals surface area contributed by atoms with Crippen molar-refractivity contribution in [1.29, 1.82) is 0 Å². The van der Waals surface area contributed by atoms with E-state index in [0.29, 0.717) is 13.0 Å². The molecule has 1 aromatic carbocycles. The molecule has 0 saturated heterocycles. The first-order chi connectivity index (χ1) is 12.9. The Morgan fingerprint density at radius 1 is 1.04 bits per heavy atom. The molecule has 4 aliphatic carbocycles. The average molecular weight is 393 g/mol. The van der Waals surface area contributed by atoms with Gasteiger partial charge in [0.2, 0.25) is 5.91 Å². The molecule has 6 heteroatoms. The summed E-state index contributed by atoms with van der Waals surface area (Å²) in [5.74, 6) is 1.34. The van der Waals surface area contributed by atoms with Crippen molar-refractivity contribution >= 4 is 23.4 Å². The van der Waals surface area contributed by atoms with Crippen LogP contribution in [-0.4, -0.2) is 24.9 Å². The number of halogens is 2. The van der Waals surface area contributed by atoms with Gasteiger partial charge in [0.25, 0.3) is 5.91 Å². The summed E-state index contributed by atoms with van der Waals surface area (Å²) in [5, 5.41) is 5.61. The third kappa shape index (κ3) is 3.98. The van der Waals surface area contributed by atoms with Crippen LogP contribution in [-0.2, 0) is 4.79 Å². The Hall–Kier alpha value is -1.62. The maximum atomic E-state index is 13.7. The molecule has 5 rings (SSSR count). The van der Waals surface area contributed by atoms with E-state index in [0.717, 1.165) is 17.8 Å². The Kier molecular flexibility index (Phi) is 5.15. The van der Waals surface area contributed by atoms with Crippen LogP contribution in [0, 0.1) is 29.0 Å². The summed E-state index contributed by atoms with van der Waals surface area (Å²) in [7, 11) is 0. The minimum absolute atomic E-state index is 0.0649. The Labute approximate surface area is 164 Å². The second kappa shape index (κ2) is 7.42. The third-order valence-electron chi connectivity index (χ3n) is 6.62. The molecule has 146 valence electrons. The summed E-state index contributed by atoms with van der Waals surface area (Å²) >= 11 is 5.89. The molecular formula is C21H26ClFN2O2. The largest absolute Gasteiger partial charge is 0.354 e. The molecule has 0 unspecified atom stereocenters. The molecule has 0 aromatic heterocycles. The first kappa shape index (κ1) is 18.7. The lowest BCUT2D eigenvalue weighted by Gasteiger charge is -2.56. The van der Waals surface area contributed by atoms with Crippen molar-refractivity contribution < 1.29 is 14.0 Å². The van der Waals surface area contributed by atoms with E-state index >= 15 is 0 Å². The zero-order valence-corrected chi connectivity index (χ0v) is 16.2. The Morgan fingerprint density at radius 2 is 1.63 bits per heavy atom. The molecule has 4 nitrogen and oxygen atoms in total. The molecular weight excluding hydrogens is 367 g/mol. The van der Waals surface area contributed by atoms with Crippen molar-refractivity contribution in [3.8, 4) is 0 Å². The van der Waals surface area contributed by atoms with Gasteiger partial charge < -0.3 is 10.6 Å². The van der Waals surface area contributed by atoms with Crippen LogP contribution in [0.4, 0.5) is 4.39 Å². The van der Waals surface area contributed by atoms with Crippen LogP contribution in [0.1, 0.15) is 55.3 Å². The van der Waals surface area contributed by atoms with Gasteiger partial charge in [-0.25, -0.2) is 4.39 Å². The SMILES string of the molecule is O=C(CC12CC3CC(CC(C3)C1)C2)NCCNC(=O)c1c(F)cccc1Cl. The summed E-state index contributed by atoms with van der Waals surface area (Å²) in [6.07, 6.45) is 8.31. The van der Waals surface area contributed by atoms with Crippen LogP contribution < -0.4 is 10.6 Å². The molecule has 2 N–H and O–H groups in total. The zero-order chi connectivity index (χ0) is 19.0. The highest BCUT2D eigenvalue weighted by Gasteiger charge is 2.51. The van der Waals surface area contributed by atoms with Crippen molar-refractivity contribution in [3.05, 3.63) is 34.6 Å². The van der Waals surface area contributed by atoms with Crippen LogP contribution >= 0.6 is 11.6 Å². The molecule has 0 spiro atoms. The fraction of sp³-hybridized carbons (Fsp3) is 0.619. The van der Waals surface area contributed by atoms with Gasteiger partial charge in [-0.1, -0.05) is 17.7 Å². The third-order valence-corrected chi connectivity index (χ3v) is 6.94. The summed E-state index contributed by atoms with van der Waals surface area (Å²) in [6, 6.07) is 4.14. The van der Waals surface area contributed by atoms with E-state index in [-0.39, 0.29) is 28.5 Å². The van der Waals surface area contributed by atoms with Gasteiger partial charge in [-0.05, 0) is 73.8 Å². The monoisotopic (exact) mass is 392 g/mol. The molecule has 0 heterocycles. The number of amides is 2. The van der Waals surface area contributed by atoms with Gasteiger partial charge in [0, 0.05) is 19.5 Å². The highest BCUT2D eigenvalue weighted by atomic mass is 35.5. The van der Waals surface area contributed by atoms with Crippen LogP contribution in [0.2, 0.25) is 5.02 Å². The van der Waals surface area contributed by atoms with Crippen LogP contribution in [0.25, 0.3) is 0 Å². The molecule has 4 saturated carbocycles. The smallest absolute Gasteiger partial charge is 0.255 e. The highest BCUT2D eigenvalue weighted by molar-refractivity contribution is 6.33. The van der Waals surface area contributed by atoms with Gasteiger partial charge in [-0.2, -0.15) is 0 Å². The molecule has 2 amide bonds. The van der Waals surface area contributed by atoms with Gasteiger partial charge >= 0.3 is 0 Å². The zero-order valence-electron chi connectivity index (χ0n) is 15.4. The summed E-state index contributed by atoms with van der Waals surface area (Å²) < 4.78 is 13.7. The van der Waals surface area contributed by atoms with Gasteiger partial charge in [-0.15, -0.1) is 0 Å². The predicted molar refractivity (Wildman–Crippen MR) is 102 cm³/mol. The van der Waals surface area contributed by atoms with E-state index in [1.54, 1.807) is 0 Å². The molecule has 4 bridgehead atoms. The minimum atomic E-state index is -0.647. The van der Waals surface area contributed by atoms with Crippen LogP contribution in [0.3, 0.4) is 0 Å². The standard InChI is InChI=1S/C21H26ClFN2O2/c22-16-2-1-3-17(23)19(16)20(27)25-5-4-24-18(26)12-21-9-13-6-14(10-21)8-15(7-13)11-21/h1-3,13-15H,4-12H2,(H,24,26)(H,25,27). The topological polar surface area (TPSA) is 58.2 Å². The number of benzene rings is 1. The number of nitrogens with one attached hydrogen (secondary N) is 2. The molecule has 0 radical (unpaired) electrons. The first-order valence-corrected chi connectivity index (χ1v) is 10.3. The number of hydrogen-bond donors (Lipinski definition) is 2. The molecule has 27 heavy (non-hydrogen) atoms. The number of rotatable bonds is 6. The minimum Gasteiger partial charge on any atom is -0.354 e. The van der Waals surface area contributed by atoms with E-state index in [1.807, 2.05) is 0 Å². The highest BCUT2D eigenvalue weighted by Crippen LogP contribution is 2.61. The summed E-state index contributed by atoms with van der Waals surface area (Å²) in [4.78, 5) is 24.5. The van der Waals surface area contributed by atoms with Crippen molar-refractivity contribution in [3.63, 3.8) is 0 Å². The maximum Gasteiger partial charge on any atom is 0.255 e. The van der Waals surface area contributed by atoms with Crippen molar-refractivity contribution in [2.45, 2.75) is 44.9 Å². The van der Waals surface area contributed by atoms with Crippen molar-refractivity contribution in [2.75, 3.05) is 13.1 Å². The molecule has 4 aliphatic rings.